The molecule has 1 fully saturated rings. The van der Waals surface area contributed by atoms with E-state index < -0.39 is 0 Å². The molecule has 1 amide bonds. The van der Waals surface area contributed by atoms with Gasteiger partial charge in [0.1, 0.15) is 5.75 Å². The van der Waals surface area contributed by atoms with Crippen LogP contribution in [-0.2, 0) is 10.2 Å². The quantitative estimate of drug-likeness (QED) is 0.401. The fraction of sp³-hybridized carbons (Fsp3) is 0.367. The molecule has 5 nitrogen and oxygen atoms in total. The second-order valence-electron chi connectivity index (χ2n) is 9.27. The number of amides is 1. The van der Waals surface area contributed by atoms with Crippen LogP contribution in [0.1, 0.15) is 54.7 Å². The summed E-state index contributed by atoms with van der Waals surface area (Å²) in [6, 6.07) is 24.4. The third-order valence-corrected chi connectivity index (χ3v) is 7.29. The lowest BCUT2D eigenvalue weighted by atomic mass is 9.78. The molecule has 0 heterocycles. The van der Waals surface area contributed by atoms with Crippen molar-refractivity contribution < 1.29 is 19.0 Å². The Labute approximate surface area is 208 Å². The van der Waals surface area contributed by atoms with E-state index in [1.807, 2.05) is 48.5 Å². The van der Waals surface area contributed by atoms with Gasteiger partial charge in [-0.15, -0.1) is 0 Å². The highest BCUT2D eigenvalue weighted by atomic mass is 16.5. The molecule has 1 saturated carbocycles. The van der Waals surface area contributed by atoms with Crippen molar-refractivity contribution in [3.8, 4) is 17.2 Å². The maximum absolute atomic E-state index is 13.3. The van der Waals surface area contributed by atoms with Gasteiger partial charge in [0.2, 0.25) is 5.91 Å². The van der Waals surface area contributed by atoms with Crippen LogP contribution in [0.3, 0.4) is 0 Å². The molecule has 0 radical (unpaired) electrons. The van der Waals surface area contributed by atoms with Crippen LogP contribution in [0.4, 0.5) is 0 Å². The summed E-state index contributed by atoms with van der Waals surface area (Å²) in [6.45, 7) is 0.617. The van der Waals surface area contributed by atoms with Crippen LogP contribution in [0.5, 0.6) is 17.2 Å². The number of methoxy groups -OCH3 is 3. The lowest BCUT2D eigenvalue weighted by molar-refractivity contribution is -0.121. The van der Waals surface area contributed by atoms with Crippen molar-refractivity contribution in [2.75, 3.05) is 27.9 Å². The molecule has 1 unspecified atom stereocenters. The number of carbonyl (C=O) groups excluding carboxylic acids is 1. The van der Waals surface area contributed by atoms with Gasteiger partial charge in [-0.1, -0.05) is 61.4 Å². The summed E-state index contributed by atoms with van der Waals surface area (Å²) in [7, 11) is 4.97. The molecule has 0 bridgehead atoms. The van der Waals surface area contributed by atoms with E-state index in [1.54, 1.807) is 21.3 Å². The van der Waals surface area contributed by atoms with E-state index in [9.17, 15) is 4.79 Å². The summed E-state index contributed by atoms with van der Waals surface area (Å²) >= 11 is 0. The monoisotopic (exact) mass is 473 g/mol. The number of ether oxygens (including phenoxy) is 3. The Morgan fingerprint density at radius 2 is 1.49 bits per heavy atom. The number of carbonyl (C=O) groups is 1. The second kappa shape index (κ2) is 11.3. The van der Waals surface area contributed by atoms with Gasteiger partial charge in [0, 0.05) is 24.3 Å². The van der Waals surface area contributed by atoms with E-state index >= 15 is 0 Å². The Bertz CT molecular complexity index is 1100. The average molecular weight is 474 g/mol. The molecule has 4 rings (SSSR count). The van der Waals surface area contributed by atoms with Gasteiger partial charge in [0.15, 0.2) is 11.5 Å². The minimum absolute atomic E-state index is 0.0253. The molecule has 0 aromatic heterocycles. The molecule has 1 aliphatic rings. The van der Waals surface area contributed by atoms with Gasteiger partial charge in [-0.05, 0) is 53.8 Å². The van der Waals surface area contributed by atoms with E-state index in [4.69, 9.17) is 14.2 Å². The van der Waals surface area contributed by atoms with Gasteiger partial charge >= 0.3 is 0 Å². The van der Waals surface area contributed by atoms with Crippen molar-refractivity contribution in [2.45, 2.75) is 43.4 Å². The molecule has 184 valence electrons. The third-order valence-electron chi connectivity index (χ3n) is 7.29. The molecule has 0 aliphatic heterocycles. The van der Waals surface area contributed by atoms with Crippen LogP contribution in [0.2, 0.25) is 0 Å². The van der Waals surface area contributed by atoms with Gasteiger partial charge in [-0.3, -0.25) is 4.79 Å². The highest BCUT2D eigenvalue weighted by molar-refractivity contribution is 5.77. The maximum atomic E-state index is 13.3. The first-order valence-electron chi connectivity index (χ1n) is 12.3. The summed E-state index contributed by atoms with van der Waals surface area (Å²) in [5, 5.41) is 3.29. The molecular formula is C30H35NO4. The normalized spacial score (nSPS) is 15.3. The highest BCUT2D eigenvalue weighted by Crippen LogP contribution is 2.43. The number of rotatable bonds is 10. The van der Waals surface area contributed by atoms with Gasteiger partial charge in [-0.2, -0.15) is 0 Å². The fourth-order valence-electron chi connectivity index (χ4n) is 5.26. The summed E-state index contributed by atoms with van der Waals surface area (Å²) < 4.78 is 16.3. The SMILES string of the molecule is COc1ccc(C(CC(=O)NCC2(c3ccc(OC)c(OC)c3)CCCC2)c2ccccc2)cc1. The maximum Gasteiger partial charge on any atom is 0.220 e. The average Bonchev–Trinajstić information content (AvgIpc) is 3.41. The van der Waals surface area contributed by atoms with E-state index in [1.165, 1.54) is 5.56 Å². The minimum atomic E-state index is -0.0857. The molecule has 3 aromatic rings. The van der Waals surface area contributed by atoms with Crippen molar-refractivity contribution in [3.05, 3.63) is 89.5 Å². The van der Waals surface area contributed by atoms with Crippen molar-refractivity contribution in [1.29, 1.82) is 0 Å². The van der Waals surface area contributed by atoms with Gasteiger partial charge in [0.25, 0.3) is 0 Å². The van der Waals surface area contributed by atoms with Crippen molar-refractivity contribution in [1.82, 2.24) is 5.32 Å². The molecule has 1 atom stereocenters. The highest BCUT2D eigenvalue weighted by Gasteiger charge is 2.36. The molecule has 3 aromatic carbocycles. The summed E-state index contributed by atoms with van der Waals surface area (Å²) in [4.78, 5) is 13.3. The van der Waals surface area contributed by atoms with Crippen molar-refractivity contribution in [2.24, 2.45) is 0 Å². The first-order valence-corrected chi connectivity index (χ1v) is 12.3. The topological polar surface area (TPSA) is 56.8 Å². The summed E-state index contributed by atoms with van der Waals surface area (Å²) in [5.74, 6) is 2.29. The first-order chi connectivity index (χ1) is 17.1. The van der Waals surface area contributed by atoms with E-state index in [0.717, 1.165) is 54.1 Å². The Hall–Kier alpha value is -3.47. The Balaban J connectivity index is 1.52. The van der Waals surface area contributed by atoms with E-state index in [-0.39, 0.29) is 17.2 Å². The Morgan fingerprint density at radius 3 is 2.11 bits per heavy atom. The van der Waals surface area contributed by atoms with Gasteiger partial charge in [0.05, 0.1) is 21.3 Å². The zero-order valence-electron chi connectivity index (χ0n) is 20.9. The molecule has 1 N–H and O–H groups in total. The predicted octanol–water partition coefficient (Wildman–Crippen LogP) is 5.86. The van der Waals surface area contributed by atoms with Crippen LogP contribution >= 0.6 is 0 Å². The smallest absolute Gasteiger partial charge is 0.220 e. The third kappa shape index (κ3) is 5.61. The van der Waals surface area contributed by atoms with Crippen LogP contribution in [0.25, 0.3) is 0 Å². The van der Waals surface area contributed by atoms with Crippen LogP contribution in [0.15, 0.2) is 72.8 Å². The van der Waals surface area contributed by atoms with Gasteiger partial charge in [-0.25, -0.2) is 0 Å². The van der Waals surface area contributed by atoms with Crippen LogP contribution in [-0.4, -0.2) is 33.8 Å². The number of hydrogen-bond donors (Lipinski definition) is 1. The minimum Gasteiger partial charge on any atom is -0.497 e. The summed E-state index contributed by atoms with van der Waals surface area (Å²) in [5.41, 5.74) is 3.34. The molecule has 0 saturated heterocycles. The molecule has 35 heavy (non-hydrogen) atoms. The standard InChI is InChI=1S/C30H35NO4/c1-33-25-14-11-23(12-15-25)26(22-9-5-4-6-10-22)20-29(32)31-21-30(17-7-8-18-30)24-13-16-27(34-2)28(19-24)35-3/h4-6,9-16,19,26H,7-8,17-18,20-21H2,1-3H3,(H,31,32). The lowest BCUT2D eigenvalue weighted by Crippen LogP contribution is -2.39. The molecule has 5 heteroatoms. The number of benzene rings is 3. The molecular weight excluding hydrogens is 438 g/mol. The first kappa shape index (κ1) is 24.6. The van der Waals surface area contributed by atoms with Crippen LogP contribution in [0, 0.1) is 0 Å². The molecule has 1 aliphatic carbocycles. The van der Waals surface area contributed by atoms with E-state index in [0.29, 0.717) is 13.0 Å². The Kier molecular flexibility index (Phi) is 7.96. The number of hydrogen-bond acceptors (Lipinski definition) is 4. The fourth-order valence-corrected chi connectivity index (χ4v) is 5.26. The zero-order valence-corrected chi connectivity index (χ0v) is 20.9. The van der Waals surface area contributed by atoms with E-state index in [2.05, 4.69) is 29.6 Å². The molecule has 0 spiro atoms. The second-order valence-corrected chi connectivity index (χ2v) is 9.27. The van der Waals surface area contributed by atoms with Gasteiger partial charge < -0.3 is 19.5 Å². The predicted molar refractivity (Wildman–Crippen MR) is 139 cm³/mol. The zero-order chi connectivity index (χ0) is 24.7. The largest absolute Gasteiger partial charge is 0.497 e. The lowest BCUT2D eigenvalue weighted by Gasteiger charge is -2.31. The summed E-state index contributed by atoms with van der Waals surface area (Å²) in [6.07, 6.45) is 4.79. The van der Waals surface area contributed by atoms with Crippen molar-refractivity contribution in [3.63, 3.8) is 0 Å². The van der Waals surface area contributed by atoms with Crippen molar-refractivity contribution >= 4 is 5.91 Å². The van der Waals surface area contributed by atoms with Crippen LogP contribution < -0.4 is 19.5 Å². The Morgan fingerprint density at radius 1 is 0.829 bits per heavy atom. The number of nitrogens with one attached hydrogen (secondary N) is 1.